The van der Waals surface area contributed by atoms with Crippen LogP contribution in [0.15, 0.2) is 59.6 Å². The lowest BCUT2D eigenvalue weighted by molar-refractivity contribution is 0.433. The molecule has 1 aromatic heterocycles. The summed E-state index contributed by atoms with van der Waals surface area (Å²) in [5.41, 5.74) is 11.7. The summed E-state index contributed by atoms with van der Waals surface area (Å²) < 4.78 is 31.4. The SMILES string of the molecule is Nc1ccc(F)cc1.Nc1ccc(Oc2ccnc3c2SCCN3)c(F)c1. The molecular weight excluding hydrogens is 370 g/mol. The molecule has 3 aromatic rings. The van der Waals surface area contributed by atoms with E-state index in [1.54, 1.807) is 30.1 Å². The van der Waals surface area contributed by atoms with Gasteiger partial charge in [0.2, 0.25) is 0 Å². The minimum atomic E-state index is -0.473. The lowest BCUT2D eigenvalue weighted by Crippen LogP contribution is -2.12. The van der Waals surface area contributed by atoms with Crippen LogP contribution >= 0.6 is 11.8 Å². The Kier molecular flexibility index (Phi) is 5.97. The van der Waals surface area contributed by atoms with Crippen LogP contribution in [0.25, 0.3) is 0 Å². The van der Waals surface area contributed by atoms with Crippen LogP contribution < -0.4 is 21.5 Å². The number of nitrogen functional groups attached to an aromatic ring is 2. The van der Waals surface area contributed by atoms with Crippen molar-refractivity contribution in [2.75, 3.05) is 29.1 Å². The van der Waals surface area contributed by atoms with E-state index in [0.29, 0.717) is 17.1 Å². The standard InChI is InChI=1S/C13H12FN3OS.C6H6FN/c14-9-7-8(15)1-2-10(9)18-11-3-4-16-13-12(11)19-6-5-17-13;7-5-1-3-6(8)4-2-5/h1-4,7H,5-6,15H2,(H,16,17);1-4H,8H2. The van der Waals surface area contributed by atoms with E-state index in [1.807, 2.05) is 0 Å². The number of hydrogen-bond donors (Lipinski definition) is 3. The highest BCUT2D eigenvalue weighted by molar-refractivity contribution is 7.99. The van der Waals surface area contributed by atoms with Crippen molar-refractivity contribution in [3.63, 3.8) is 0 Å². The van der Waals surface area contributed by atoms with Crippen molar-refractivity contribution in [1.82, 2.24) is 4.98 Å². The lowest BCUT2D eigenvalue weighted by Gasteiger charge is -2.19. The van der Waals surface area contributed by atoms with Gasteiger partial charge in [-0.1, -0.05) is 0 Å². The predicted octanol–water partition coefficient (Wildman–Crippen LogP) is 4.52. The van der Waals surface area contributed by atoms with Gasteiger partial charge in [-0.2, -0.15) is 0 Å². The third-order valence-electron chi connectivity index (χ3n) is 3.56. The zero-order chi connectivity index (χ0) is 19.2. The molecule has 0 saturated carbocycles. The maximum Gasteiger partial charge on any atom is 0.167 e. The number of nitrogens with two attached hydrogens (primary N) is 2. The molecule has 0 spiro atoms. The lowest BCUT2D eigenvalue weighted by atomic mass is 10.3. The molecule has 2 heterocycles. The minimum absolute atomic E-state index is 0.161. The van der Waals surface area contributed by atoms with Crippen LogP contribution in [0.5, 0.6) is 11.5 Å². The third-order valence-corrected chi connectivity index (χ3v) is 4.65. The van der Waals surface area contributed by atoms with E-state index >= 15 is 0 Å². The van der Waals surface area contributed by atoms with Gasteiger partial charge in [-0.15, -0.1) is 11.8 Å². The molecule has 5 nitrogen and oxygen atoms in total. The second-order valence-electron chi connectivity index (χ2n) is 5.61. The highest BCUT2D eigenvalue weighted by atomic mass is 32.2. The van der Waals surface area contributed by atoms with Crippen LogP contribution in [0.2, 0.25) is 0 Å². The van der Waals surface area contributed by atoms with Crippen molar-refractivity contribution in [2.24, 2.45) is 0 Å². The van der Waals surface area contributed by atoms with Crippen molar-refractivity contribution in [3.8, 4) is 11.5 Å². The molecule has 0 radical (unpaired) electrons. The Hall–Kier alpha value is -3.00. The van der Waals surface area contributed by atoms with Crippen LogP contribution in [-0.2, 0) is 0 Å². The molecule has 8 heteroatoms. The molecule has 1 aliphatic rings. The van der Waals surface area contributed by atoms with Crippen LogP contribution in [-0.4, -0.2) is 17.3 Å². The first-order valence-corrected chi connectivity index (χ1v) is 9.11. The number of benzene rings is 2. The second kappa shape index (κ2) is 8.59. The fraction of sp³-hybridized carbons (Fsp3) is 0.105. The number of nitrogens with zero attached hydrogens (tertiary/aromatic N) is 1. The average Bonchev–Trinajstić information content (AvgIpc) is 2.67. The topological polar surface area (TPSA) is 86.2 Å². The maximum atomic E-state index is 13.7. The minimum Gasteiger partial charge on any atom is -0.453 e. The normalized spacial score (nSPS) is 12.2. The van der Waals surface area contributed by atoms with Crippen molar-refractivity contribution in [3.05, 3.63) is 66.4 Å². The number of aromatic nitrogens is 1. The quantitative estimate of drug-likeness (QED) is 0.560. The summed E-state index contributed by atoms with van der Waals surface area (Å²) in [6, 6.07) is 11.8. The number of fused-ring (bicyclic) bond motifs is 1. The van der Waals surface area contributed by atoms with E-state index in [2.05, 4.69) is 10.3 Å². The van der Waals surface area contributed by atoms with Crippen LogP contribution in [0.4, 0.5) is 26.0 Å². The number of pyridine rings is 1. The molecule has 0 unspecified atom stereocenters. The van der Waals surface area contributed by atoms with Gasteiger partial charge in [0.25, 0.3) is 0 Å². The third kappa shape index (κ3) is 5.01. The molecule has 2 aromatic carbocycles. The number of thioether (sulfide) groups is 1. The summed E-state index contributed by atoms with van der Waals surface area (Å²) in [6.07, 6.45) is 1.64. The first-order valence-electron chi connectivity index (χ1n) is 8.12. The average molecular weight is 388 g/mol. The fourth-order valence-corrected chi connectivity index (χ4v) is 3.20. The molecule has 0 amide bonds. The number of halogens is 2. The molecule has 4 rings (SSSR count). The second-order valence-corrected chi connectivity index (χ2v) is 6.71. The van der Waals surface area contributed by atoms with E-state index < -0.39 is 5.82 Å². The molecule has 0 bridgehead atoms. The maximum absolute atomic E-state index is 13.7. The summed E-state index contributed by atoms with van der Waals surface area (Å²) in [5, 5.41) is 3.19. The zero-order valence-electron chi connectivity index (χ0n) is 14.3. The molecule has 5 N–H and O–H groups in total. The molecule has 1 aliphatic heterocycles. The van der Waals surface area contributed by atoms with Gasteiger partial charge >= 0.3 is 0 Å². The summed E-state index contributed by atoms with van der Waals surface area (Å²) in [4.78, 5) is 5.14. The molecular formula is C19H18F2N4OS. The van der Waals surface area contributed by atoms with Crippen LogP contribution in [0, 0.1) is 11.6 Å². The molecule has 140 valence electrons. The first-order chi connectivity index (χ1) is 13.0. The molecule has 27 heavy (non-hydrogen) atoms. The Balaban J connectivity index is 0.000000221. The van der Waals surface area contributed by atoms with Crippen molar-refractivity contribution < 1.29 is 13.5 Å². The number of rotatable bonds is 2. The Morgan fingerprint density at radius 2 is 1.70 bits per heavy atom. The number of ether oxygens (including phenoxy) is 1. The van der Waals surface area contributed by atoms with Gasteiger partial charge in [-0.25, -0.2) is 13.8 Å². The van der Waals surface area contributed by atoms with Gasteiger partial charge in [-0.3, -0.25) is 0 Å². The van der Waals surface area contributed by atoms with Gasteiger partial charge in [0.05, 0.1) is 4.90 Å². The van der Waals surface area contributed by atoms with Gasteiger partial charge in [0.15, 0.2) is 11.6 Å². The summed E-state index contributed by atoms with van der Waals surface area (Å²) in [7, 11) is 0. The van der Waals surface area contributed by atoms with E-state index in [9.17, 15) is 8.78 Å². The Bertz CT molecular complexity index is 901. The first kappa shape index (κ1) is 18.8. The van der Waals surface area contributed by atoms with Crippen LogP contribution in [0.3, 0.4) is 0 Å². The largest absolute Gasteiger partial charge is 0.453 e. The Morgan fingerprint density at radius 3 is 2.41 bits per heavy atom. The molecule has 0 aliphatic carbocycles. The number of hydrogen-bond acceptors (Lipinski definition) is 6. The zero-order valence-corrected chi connectivity index (χ0v) is 15.1. The Labute approximate surface area is 159 Å². The van der Waals surface area contributed by atoms with Gasteiger partial charge in [-0.05, 0) is 36.4 Å². The summed E-state index contributed by atoms with van der Waals surface area (Å²) in [6.45, 7) is 0.865. The molecule has 0 saturated heterocycles. The molecule has 0 atom stereocenters. The van der Waals surface area contributed by atoms with Crippen molar-refractivity contribution in [2.45, 2.75) is 4.90 Å². The highest BCUT2D eigenvalue weighted by Crippen LogP contribution is 2.39. The van der Waals surface area contributed by atoms with Crippen molar-refractivity contribution in [1.29, 1.82) is 0 Å². The predicted molar refractivity (Wildman–Crippen MR) is 105 cm³/mol. The van der Waals surface area contributed by atoms with Crippen molar-refractivity contribution >= 4 is 29.0 Å². The van der Waals surface area contributed by atoms with Gasteiger partial charge in [0, 0.05) is 42.0 Å². The number of nitrogens with one attached hydrogen (secondary N) is 1. The van der Waals surface area contributed by atoms with E-state index in [-0.39, 0.29) is 11.6 Å². The van der Waals surface area contributed by atoms with Gasteiger partial charge in [0.1, 0.15) is 17.4 Å². The van der Waals surface area contributed by atoms with E-state index in [1.165, 1.54) is 36.4 Å². The Morgan fingerprint density at radius 1 is 0.963 bits per heavy atom. The smallest absolute Gasteiger partial charge is 0.167 e. The summed E-state index contributed by atoms with van der Waals surface area (Å²) >= 11 is 1.65. The fourth-order valence-electron chi connectivity index (χ4n) is 2.28. The molecule has 0 fully saturated rings. The highest BCUT2D eigenvalue weighted by Gasteiger charge is 2.17. The van der Waals surface area contributed by atoms with Gasteiger partial charge < -0.3 is 21.5 Å². The van der Waals surface area contributed by atoms with E-state index in [0.717, 1.165) is 23.0 Å². The van der Waals surface area contributed by atoms with Crippen LogP contribution in [0.1, 0.15) is 0 Å². The van der Waals surface area contributed by atoms with E-state index in [4.69, 9.17) is 16.2 Å². The summed E-state index contributed by atoms with van der Waals surface area (Å²) in [5.74, 6) is 1.75. The monoisotopic (exact) mass is 388 g/mol. The number of anilines is 3.